The maximum atomic E-state index is 11.0. The molecule has 104 valence electrons. The second-order valence-corrected chi connectivity index (χ2v) is 5.53. The van der Waals surface area contributed by atoms with Crippen LogP contribution in [0.25, 0.3) is 0 Å². The van der Waals surface area contributed by atoms with E-state index in [-0.39, 0.29) is 10.6 Å². The van der Waals surface area contributed by atoms with E-state index in [4.69, 9.17) is 0 Å². The molecule has 0 radical (unpaired) electrons. The molecule has 5 heteroatoms. The van der Waals surface area contributed by atoms with Gasteiger partial charge in [0.2, 0.25) is 0 Å². The first-order valence-corrected chi connectivity index (χ1v) is 7.32. The fourth-order valence-corrected chi connectivity index (χ4v) is 2.60. The molecule has 4 nitrogen and oxygen atoms in total. The van der Waals surface area contributed by atoms with E-state index in [0.29, 0.717) is 12.2 Å². The van der Waals surface area contributed by atoms with Gasteiger partial charge in [-0.25, -0.2) is 0 Å². The summed E-state index contributed by atoms with van der Waals surface area (Å²) in [7, 11) is 0. The largest absolute Gasteiger partial charge is 0.379 e. The van der Waals surface area contributed by atoms with Crippen molar-refractivity contribution < 1.29 is 4.92 Å². The SMILES string of the molecule is Cc1ccc(NCCSc2ccccc2)c([N+](=O)[O-])c1. The summed E-state index contributed by atoms with van der Waals surface area (Å²) in [6, 6.07) is 15.3. The summed E-state index contributed by atoms with van der Waals surface area (Å²) in [5.74, 6) is 0.856. The van der Waals surface area contributed by atoms with Gasteiger partial charge in [-0.15, -0.1) is 11.8 Å². The standard InChI is InChI=1S/C15H16N2O2S/c1-12-7-8-14(15(11-12)17(18)19)16-9-10-20-13-5-3-2-4-6-13/h2-8,11,16H,9-10H2,1H3. The van der Waals surface area contributed by atoms with Crippen LogP contribution in [0.5, 0.6) is 0 Å². The van der Waals surface area contributed by atoms with E-state index in [0.717, 1.165) is 11.3 Å². The number of anilines is 1. The molecular formula is C15H16N2O2S. The Bertz CT molecular complexity index is 588. The number of rotatable bonds is 6. The van der Waals surface area contributed by atoms with Crippen molar-refractivity contribution in [2.75, 3.05) is 17.6 Å². The molecule has 0 amide bonds. The first-order valence-electron chi connectivity index (χ1n) is 6.33. The molecule has 0 fully saturated rings. The highest BCUT2D eigenvalue weighted by Crippen LogP contribution is 2.25. The number of nitro benzene ring substituents is 1. The summed E-state index contributed by atoms with van der Waals surface area (Å²) < 4.78 is 0. The molecule has 0 saturated heterocycles. The Hall–Kier alpha value is -2.01. The fourth-order valence-electron chi connectivity index (χ4n) is 1.81. The fraction of sp³-hybridized carbons (Fsp3) is 0.200. The summed E-state index contributed by atoms with van der Waals surface area (Å²) in [5, 5.41) is 14.1. The van der Waals surface area contributed by atoms with Crippen molar-refractivity contribution >= 4 is 23.1 Å². The van der Waals surface area contributed by atoms with Crippen molar-refractivity contribution in [1.82, 2.24) is 0 Å². The third-order valence-electron chi connectivity index (χ3n) is 2.78. The number of nitrogens with one attached hydrogen (secondary N) is 1. The van der Waals surface area contributed by atoms with E-state index in [1.165, 1.54) is 4.90 Å². The third kappa shape index (κ3) is 3.99. The van der Waals surface area contributed by atoms with Gasteiger partial charge in [0.25, 0.3) is 5.69 Å². The number of nitrogens with zero attached hydrogens (tertiary/aromatic N) is 1. The number of hydrogen-bond acceptors (Lipinski definition) is 4. The lowest BCUT2D eigenvalue weighted by Gasteiger charge is -2.07. The maximum Gasteiger partial charge on any atom is 0.292 e. The van der Waals surface area contributed by atoms with Crippen LogP contribution >= 0.6 is 11.8 Å². The van der Waals surface area contributed by atoms with Crippen molar-refractivity contribution in [2.45, 2.75) is 11.8 Å². The molecule has 0 aliphatic rings. The van der Waals surface area contributed by atoms with Crippen LogP contribution in [0.15, 0.2) is 53.4 Å². The zero-order chi connectivity index (χ0) is 14.4. The molecule has 0 aliphatic heterocycles. The predicted molar refractivity (Wildman–Crippen MR) is 83.5 cm³/mol. The minimum absolute atomic E-state index is 0.134. The predicted octanol–water partition coefficient (Wildman–Crippen LogP) is 4.11. The van der Waals surface area contributed by atoms with Crippen LogP contribution in [0.1, 0.15) is 5.56 Å². The molecule has 0 aromatic heterocycles. The Kier molecular flexibility index (Phi) is 5.01. The quantitative estimate of drug-likeness (QED) is 0.376. The highest BCUT2D eigenvalue weighted by Gasteiger charge is 2.12. The molecule has 1 N–H and O–H groups in total. The molecule has 2 rings (SSSR count). The van der Waals surface area contributed by atoms with E-state index >= 15 is 0 Å². The van der Waals surface area contributed by atoms with Crippen LogP contribution < -0.4 is 5.32 Å². The minimum Gasteiger partial charge on any atom is -0.379 e. The van der Waals surface area contributed by atoms with Crippen LogP contribution in [-0.4, -0.2) is 17.2 Å². The van der Waals surface area contributed by atoms with Crippen LogP contribution in [0, 0.1) is 17.0 Å². The number of hydrogen-bond donors (Lipinski definition) is 1. The molecule has 20 heavy (non-hydrogen) atoms. The normalized spacial score (nSPS) is 10.2. The molecular weight excluding hydrogens is 272 g/mol. The van der Waals surface area contributed by atoms with Gasteiger partial charge in [0.1, 0.15) is 5.69 Å². The average molecular weight is 288 g/mol. The zero-order valence-corrected chi connectivity index (χ0v) is 12.0. The summed E-state index contributed by atoms with van der Waals surface area (Å²) in [4.78, 5) is 11.8. The van der Waals surface area contributed by atoms with Crippen molar-refractivity contribution in [3.63, 3.8) is 0 Å². The molecule has 0 aliphatic carbocycles. The molecule has 2 aromatic carbocycles. The van der Waals surface area contributed by atoms with E-state index in [9.17, 15) is 10.1 Å². The first-order chi connectivity index (χ1) is 9.66. The zero-order valence-electron chi connectivity index (χ0n) is 11.2. The third-order valence-corrected chi connectivity index (χ3v) is 3.79. The van der Waals surface area contributed by atoms with Crippen LogP contribution in [-0.2, 0) is 0 Å². The lowest BCUT2D eigenvalue weighted by molar-refractivity contribution is -0.384. The summed E-state index contributed by atoms with van der Waals surface area (Å²) in [5.41, 5.74) is 1.60. The van der Waals surface area contributed by atoms with E-state index < -0.39 is 0 Å². The molecule has 0 saturated carbocycles. The Morgan fingerprint density at radius 1 is 1.20 bits per heavy atom. The number of benzene rings is 2. The molecule has 0 atom stereocenters. The average Bonchev–Trinajstić information content (AvgIpc) is 2.45. The number of nitro groups is 1. The van der Waals surface area contributed by atoms with Crippen molar-refractivity contribution in [3.05, 3.63) is 64.2 Å². The van der Waals surface area contributed by atoms with Gasteiger partial charge in [-0.3, -0.25) is 10.1 Å². The van der Waals surface area contributed by atoms with Crippen LogP contribution in [0.4, 0.5) is 11.4 Å². The van der Waals surface area contributed by atoms with Gasteiger partial charge in [0.15, 0.2) is 0 Å². The Labute approximate surface area is 122 Å². The van der Waals surface area contributed by atoms with E-state index in [1.54, 1.807) is 23.9 Å². The Morgan fingerprint density at radius 3 is 2.65 bits per heavy atom. The summed E-state index contributed by atoms with van der Waals surface area (Å²) >= 11 is 1.72. The van der Waals surface area contributed by atoms with Crippen LogP contribution in [0.3, 0.4) is 0 Å². The monoisotopic (exact) mass is 288 g/mol. The summed E-state index contributed by atoms with van der Waals surface area (Å²) in [6.07, 6.45) is 0. The van der Waals surface area contributed by atoms with Gasteiger partial charge in [-0.05, 0) is 30.7 Å². The van der Waals surface area contributed by atoms with E-state index in [1.807, 2.05) is 31.2 Å². The molecule has 0 heterocycles. The molecule has 0 spiro atoms. The lowest BCUT2D eigenvalue weighted by Crippen LogP contribution is -2.06. The van der Waals surface area contributed by atoms with Gasteiger partial charge in [0, 0.05) is 23.3 Å². The topological polar surface area (TPSA) is 55.2 Å². The smallest absolute Gasteiger partial charge is 0.292 e. The van der Waals surface area contributed by atoms with Crippen LogP contribution in [0.2, 0.25) is 0 Å². The summed E-state index contributed by atoms with van der Waals surface area (Å²) in [6.45, 7) is 2.53. The first kappa shape index (κ1) is 14.4. The van der Waals surface area contributed by atoms with Crippen molar-refractivity contribution in [2.24, 2.45) is 0 Å². The molecule has 0 bridgehead atoms. The van der Waals surface area contributed by atoms with Gasteiger partial charge >= 0.3 is 0 Å². The second kappa shape index (κ2) is 6.96. The lowest BCUT2D eigenvalue weighted by atomic mass is 10.2. The highest BCUT2D eigenvalue weighted by molar-refractivity contribution is 7.99. The van der Waals surface area contributed by atoms with E-state index in [2.05, 4.69) is 17.4 Å². The Balaban J connectivity index is 1.90. The van der Waals surface area contributed by atoms with Gasteiger partial charge < -0.3 is 5.32 Å². The molecule has 0 unspecified atom stereocenters. The maximum absolute atomic E-state index is 11.0. The van der Waals surface area contributed by atoms with Gasteiger partial charge in [-0.2, -0.15) is 0 Å². The van der Waals surface area contributed by atoms with Gasteiger partial charge in [0.05, 0.1) is 4.92 Å². The second-order valence-electron chi connectivity index (χ2n) is 4.37. The van der Waals surface area contributed by atoms with Gasteiger partial charge in [-0.1, -0.05) is 24.3 Å². The Morgan fingerprint density at radius 2 is 1.95 bits per heavy atom. The van der Waals surface area contributed by atoms with Crippen molar-refractivity contribution in [1.29, 1.82) is 0 Å². The van der Waals surface area contributed by atoms with Crippen molar-refractivity contribution in [3.8, 4) is 0 Å². The molecule has 2 aromatic rings. The number of thioether (sulfide) groups is 1. The minimum atomic E-state index is -0.348. The highest BCUT2D eigenvalue weighted by atomic mass is 32.2. The number of aryl methyl sites for hydroxylation is 1.